The number of nitrogens with zero attached hydrogens (tertiary/aromatic N) is 3. The molecule has 0 aromatic carbocycles. The number of rotatable bonds is 5. The van der Waals surface area contributed by atoms with Gasteiger partial charge in [-0.15, -0.1) is 0 Å². The quantitative estimate of drug-likeness (QED) is 0.700. The molecule has 6 nitrogen and oxygen atoms in total. The smallest absolute Gasteiger partial charge is 0.307 e. The average molecular weight is 239 g/mol. The normalized spacial score (nSPS) is 10.1. The van der Waals surface area contributed by atoms with Crippen molar-refractivity contribution in [2.75, 3.05) is 20.2 Å². The number of esters is 1. The summed E-state index contributed by atoms with van der Waals surface area (Å²) in [7, 11) is 3.09. The summed E-state index contributed by atoms with van der Waals surface area (Å²) >= 11 is 0. The zero-order chi connectivity index (χ0) is 12.8. The zero-order valence-electron chi connectivity index (χ0n) is 10.3. The minimum absolute atomic E-state index is 0.121. The lowest BCUT2D eigenvalue weighted by Crippen LogP contribution is -2.32. The molecule has 0 bridgehead atoms. The van der Waals surface area contributed by atoms with Gasteiger partial charge in [0.15, 0.2) is 0 Å². The van der Waals surface area contributed by atoms with Crippen LogP contribution in [0.2, 0.25) is 0 Å². The third-order valence-corrected chi connectivity index (χ3v) is 2.43. The Morgan fingerprint density at radius 1 is 1.53 bits per heavy atom. The fourth-order valence-electron chi connectivity index (χ4n) is 1.45. The highest BCUT2D eigenvalue weighted by Gasteiger charge is 2.16. The molecule has 0 spiro atoms. The molecule has 1 heterocycles. The second kappa shape index (κ2) is 6.03. The molecule has 0 N–H and O–H groups in total. The van der Waals surface area contributed by atoms with E-state index in [0.717, 1.165) is 0 Å². The summed E-state index contributed by atoms with van der Waals surface area (Å²) in [4.78, 5) is 24.6. The van der Waals surface area contributed by atoms with Crippen molar-refractivity contribution < 1.29 is 14.3 Å². The molecule has 0 radical (unpaired) electrons. The molecule has 0 atom stereocenters. The number of methoxy groups -OCH3 is 1. The molecule has 0 fully saturated rings. The van der Waals surface area contributed by atoms with Crippen molar-refractivity contribution in [1.29, 1.82) is 0 Å². The van der Waals surface area contributed by atoms with Crippen LogP contribution >= 0.6 is 0 Å². The summed E-state index contributed by atoms with van der Waals surface area (Å²) in [6, 6.07) is 0. The molecule has 1 amide bonds. The van der Waals surface area contributed by atoms with Crippen molar-refractivity contribution in [3.8, 4) is 0 Å². The molecule has 1 aromatic rings. The van der Waals surface area contributed by atoms with Crippen LogP contribution in [0.15, 0.2) is 12.4 Å². The second-order valence-corrected chi connectivity index (χ2v) is 3.61. The van der Waals surface area contributed by atoms with Crippen molar-refractivity contribution in [2.24, 2.45) is 7.05 Å². The largest absolute Gasteiger partial charge is 0.469 e. The fourth-order valence-corrected chi connectivity index (χ4v) is 1.45. The van der Waals surface area contributed by atoms with Gasteiger partial charge in [-0.05, 0) is 6.92 Å². The second-order valence-electron chi connectivity index (χ2n) is 3.61. The van der Waals surface area contributed by atoms with Gasteiger partial charge in [0.05, 0.1) is 25.3 Å². The standard InChI is InChI=1S/C11H17N3O3/c1-4-14(6-5-10(15)17-3)11(16)9-7-12-13(2)8-9/h7-8H,4-6H2,1-3H3. The first-order valence-electron chi connectivity index (χ1n) is 5.43. The summed E-state index contributed by atoms with van der Waals surface area (Å²) in [5, 5.41) is 3.94. The van der Waals surface area contributed by atoms with Crippen LogP contribution in [0.1, 0.15) is 23.7 Å². The van der Waals surface area contributed by atoms with Crippen molar-refractivity contribution in [3.05, 3.63) is 18.0 Å². The van der Waals surface area contributed by atoms with E-state index in [-0.39, 0.29) is 18.3 Å². The molecule has 0 aliphatic rings. The van der Waals surface area contributed by atoms with Crippen LogP contribution in [0.5, 0.6) is 0 Å². The van der Waals surface area contributed by atoms with E-state index >= 15 is 0 Å². The van der Waals surface area contributed by atoms with E-state index in [1.807, 2.05) is 6.92 Å². The van der Waals surface area contributed by atoms with E-state index in [1.165, 1.54) is 13.3 Å². The first-order valence-corrected chi connectivity index (χ1v) is 5.43. The van der Waals surface area contributed by atoms with E-state index in [4.69, 9.17) is 0 Å². The summed E-state index contributed by atoms with van der Waals surface area (Å²) in [5.41, 5.74) is 0.527. The molecule has 0 saturated heterocycles. The number of hydrogen-bond donors (Lipinski definition) is 0. The summed E-state index contributed by atoms with van der Waals surface area (Å²) < 4.78 is 6.11. The summed E-state index contributed by atoms with van der Waals surface area (Å²) in [6.45, 7) is 2.77. The Morgan fingerprint density at radius 2 is 2.24 bits per heavy atom. The van der Waals surface area contributed by atoms with E-state index in [2.05, 4.69) is 9.84 Å². The van der Waals surface area contributed by atoms with Gasteiger partial charge in [0.25, 0.3) is 5.91 Å². The Morgan fingerprint density at radius 3 is 2.71 bits per heavy atom. The predicted octanol–water partition coefficient (Wildman–Crippen LogP) is 0.445. The van der Waals surface area contributed by atoms with Gasteiger partial charge in [-0.1, -0.05) is 0 Å². The minimum atomic E-state index is -0.317. The van der Waals surface area contributed by atoms with Crippen LogP contribution in [0.4, 0.5) is 0 Å². The van der Waals surface area contributed by atoms with Gasteiger partial charge in [0, 0.05) is 26.3 Å². The Labute approximate surface area is 100 Å². The molecular formula is C11H17N3O3. The maximum Gasteiger partial charge on any atom is 0.307 e. The van der Waals surface area contributed by atoms with E-state index in [0.29, 0.717) is 18.7 Å². The van der Waals surface area contributed by atoms with Crippen molar-refractivity contribution in [2.45, 2.75) is 13.3 Å². The SMILES string of the molecule is CCN(CCC(=O)OC)C(=O)c1cnn(C)c1. The van der Waals surface area contributed by atoms with Gasteiger partial charge in [-0.2, -0.15) is 5.10 Å². The van der Waals surface area contributed by atoms with Gasteiger partial charge in [0.1, 0.15) is 0 Å². The Balaban J connectivity index is 2.61. The lowest BCUT2D eigenvalue weighted by molar-refractivity contribution is -0.140. The monoisotopic (exact) mass is 239 g/mol. The van der Waals surface area contributed by atoms with Crippen LogP contribution in [0.25, 0.3) is 0 Å². The number of hydrogen-bond acceptors (Lipinski definition) is 4. The lowest BCUT2D eigenvalue weighted by atomic mass is 10.3. The van der Waals surface area contributed by atoms with Crippen LogP contribution in [0, 0.1) is 0 Å². The van der Waals surface area contributed by atoms with Gasteiger partial charge >= 0.3 is 5.97 Å². The number of aromatic nitrogens is 2. The van der Waals surface area contributed by atoms with Gasteiger partial charge in [-0.25, -0.2) is 0 Å². The van der Waals surface area contributed by atoms with E-state index < -0.39 is 0 Å². The van der Waals surface area contributed by atoms with Gasteiger partial charge < -0.3 is 9.64 Å². The highest BCUT2D eigenvalue weighted by atomic mass is 16.5. The molecule has 6 heteroatoms. The zero-order valence-corrected chi connectivity index (χ0v) is 10.3. The molecule has 0 saturated carbocycles. The Hall–Kier alpha value is -1.85. The highest BCUT2D eigenvalue weighted by molar-refractivity contribution is 5.93. The van der Waals surface area contributed by atoms with Crippen LogP contribution < -0.4 is 0 Å². The van der Waals surface area contributed by atoms with Gasteiger partial charge in [0.2, 0.25) is 0 Å². The van der Waals surface area contributed by atoms with Gasteiger partial charge in [-0.3, -0.25) is 14.3 Å². The predicted molar refractivity (Wildman–Crippen MR) is 61.4 cm³/mol. The van der Waals surface area contributed by atoms with E-state index in [9.17, 15) is 9.59 Å². The van der Waals surface area contributed by atoms with Crippen LogP contribution in [0.3, 0.4) is 0 Å². The maximum atomic E-state index is 12.0. The molecule has 1 rings (SSSR count). The maximum absolute atomic E-state index is 12.0. The third-order valence-electron chi connectivity index (χ3n) is 2.43. The Bertz CT molecular complexity index is 400. The highest BCUT2D eigenvalue weighted by Crippen LogP contribution is 2.04. The number of carbonyl (C=O) groups excluding carboxylic acids is 2. The van der Waals surface area contributed by atoms with E-state index in [1.54, 1.807) is 22.8 Å². The van der Waals surface area contributed by atoms with Crippen LogP contribution in [-0.4, -0.2) is 46.8 Å². The Kier molecular flexibility index (Phi) is 4.68. The first-order chi connectivity index (χ1) is 8.08. The summed E-state index contributed by atoms with van der Waals surface area (Å²) in [5.74, 6) is -0.438. The minimum Gasteiger partial charge on any atom is -0.469 e. The molecule has 0 unspecified atom stereocenters. The van der Waals surface area contributed by atoms with Crippen molar-refractivity contribution in [1.82, 2.24) is 14.7 Å². The molecule has 1 aromatic heterocycles. The number of aryl methyl sites for hydroxylation is 1. The van der Waals surface area contributed by atoms with Crippen molar-refractivity contribution in [3.63, 3.8) is 0 Å². The molecular weight excluding hydrogens is 222 g/mol. The lowest BCUT2D eigenvalue weighted by Gasteiger charge is -2.19. The van der Waals surface area contributed by atoms with Crippen molar-refractivity contribution >= 4 is 11.9 Å². The third kappa shape index (κ3) is 3.58. The summed E-state index contributed by atoms with van der Waals surface area (Å²) in [6.07, 6.45) is 3.38. The average Bonchev–Trinajstić information content (AvgIpc) is 2.76. The molecule has 0 aliphatic carbocycles. The number of carbonyl (C=O) groups is 2. The first kappa shape index (κ1) is 13.2. The number of amides is 1. The number of ether oxygens (including phenoxy) is 1. The van der Waals surface area contributed by atoms with Crippen LogP contribution in [-0.2, 0) is 16.6 Å². The molecule has 0 aliphatic heterocycles. The fraction of sp³-hybridized carbons (Fsp3) is 0.545. The topological polar surface area (TPSA) is 64.4 Å². The molecule has 17 heavy (non-hydrogen) atoms. The molecule has 94 valence electrons.